The van der Waals surface area contributed by atoms with E-state index in [-0.39, 0.29) is 11.5 Å². The highest BCUT2D eigenvalue weighted by Gasteiger charge is 2.33. The number of ether oxygens (including phenoxy) is 2. The Kier molecular flexibility index (Phi) is 5.78. The zero-order valence-corrected chi connectivity index (χ0v) is 17.2. The van der Waals surface area contributed by atoms with Crippen molar-refractivity contribution in [2.45, 2.75) is 52.9 Å². The summed E-state index contributed by atoms with van der Waals surface area (Å²) in [6.07, 6.45) is -0.698. The van der Waals surface area contributed by atoms with E-state index in [1.807, 2.05) is 19.9 Å². The number of aryl methyl sites for hydroxylation is 2. The zero-order chi connectivity index (χ0) is 21.3. The quantitative estimate of drug-likeness (QED) is 0.463. The molecule has 0 aliphatic heterocycles. The number of fused-ring (bicyclic) bond motifs is 1. The summed E-state index contributed by atoms with van der Waals surface area (Å²) in [7, 11) is 1.32. The van der Waals surface area contributed by atoms with E-state index in [1.54, 1.807) is 6.07 Å². The lowest BCUT2D eigenvalue weighted by molar-refractivity contribution is -0.275. The van der Waals surface area contributed by atoms with Gasteiger partial charge in [-0.05, 0) is 56.0 Å². The second-order valence-electron chi connectivity index (χ2n) is 7.10. The Balaban J connectivity index is 2.20. The molecule has 29 heavy (non-hydrogen) atoms. The lowest BCUT2D eigenvalue weighted by atomic mass is 10.0. The monoisotopic (exact) mass is 406 g/mol. The van der Waals surface area contributed by atoms with E-state index in [9.17, 15) is 13.2 Å². The highest BCUT2D eigenvalue weighted by Crippen LogP contribution is 2.41. The number of hydrogen-bond donors (Lipinski definition) is 0. The molecule has 0 aliphatic rings. The average molecular weight is 406 g/mol. The van der Waals surface area contributed by atoms with E-state index in [2.05, 4.69) is 29.3 Å². The summed E-state index contributed by atoms with van der Waals surface area (Å²) in [6.45, 7) is 8.20. The fourth-order valence-electron chi connectivity index (χ4n) is 3.80. The second-order valence-corrected chi connectivity index (χ2v) is 7.10. The Morgan fingerprint density at radius 1 is 1.10 bits per heavy atom. The fraction of sp³-hybridized carbons (Fsp3) is 0.409. The normalized spacial score (nSPS) is 12.0. The van der Waals surface area contributed by atoms with Crippen molar-refractivity contribution < 1.29 is 22.6 Å². The summed E-state index contributed by atoms with van der Waals surface area (Å²) in [5.41, 5.74) is 4.77. The number of benzene rings is 1. The third-order valence-corrected chi connectivity index (χ3v) is 5.18. The number of pyridine rings is 1. The van der Waals surface area contributed by atoms with Crippen molar-refractivity contribution in [3.05, 3.63) is 41.6 Å². The van der Waals surface area contributed by atoms with Crippen LogP contribution in [-0.2, 0) is 0 Å². The summed E-state index contributed by atoms with van der Waals surface area (Å²) >= 11 is 0. The van der Waals surface area contributed by atoms with E-state index >= 15 is 0 Å². The second kappa shape index (κ2) is 7.97. The molecule has 3 aromatic rings. The molecule has 2 aromatic heterocycles. The minimum atomic E-state index is -4.80. The first-order valence-electron chi connectivity index (χ1n) is 9.62. The largest absolute Gasteiger partial charge is 0.573 e. The topological polar surface area (TPSA) is 36.3 Å². The van der Waals surface area contributed by atoms with E-state index in [0.29, 0.717) is 17.3 Å². The molecule has 3 rings (SSSR count). The van der Waals surface area contributed by atoms with Gasteiger partial charge in [-0.1, -0.05) is 19.9 Å². The molecule has 7 heteroatoms. The molecule has 0 amide bonds. The Morgan fingerprint density at radius 3 is 2.38 bits per heavy atom. The first-order valence-corrected chi connectivity index (χ1v) is 9.62. The molecule has 4 nitrogen and oxygen atoms in total. The number of para-hydroxylation sites is 1. The van der Waals surface area contributed by atoms with Gasteiger partial charge in [-0.25, -0.2) is 4.98 Å². The predicted octanol–water partition coefficient (Wildman–Crippen LogP) is 6.59. The van der Waals surface area contributed by atoms with E-state index in [4.69, 9.17) is 9.72 Å². The molecule has 0 atom stereocenters. The molecule has 0 saturated heterocycles. The summed E-state index contributed by atoms with van der Waals surface area (Å²) in [5.74, 6) is -0.373. The van der Waals surface area contributed by atoms with Crippen LogP contribution in [0.3, 0.4) is 0 Å². The molecule has 0 fully saturated rings. The van der Waals surface area contributed by atoms with Crippen molar-refractivity contribution in [2.75, 3.05) is 7.11 Å². The summed E-state index contributed by atoms with van der Waals surface area (Å²) < 4.78 is 50.0. The third kappa shape index (κ3) is 4.04. The molecule has 0 N–H and O–H groups in total. The third-order valence-electron chi connectivity index (χ3n) is 5.18. The number of nitrogens with zero attached hydrogens (tertiary/aromatic N) is 2. The molecule has 1 aromatic carbocycles. The van der Waals surface area contributed by atoms with Gasteiger partial charge in [0.2, 0.25) is 0 Å². The Labute approximate surface area is 168 Å². The van der Waals surface area contributed by atoms with Crippen LogP contribution in [0, 0.1) is 13.8 Å². The molecule has 0 saturated carbocycles. The SMILES string of the molecule is CCC(CC)n1cc(C)c2nc(-c3cccc(OC(F)(F)F)c3OC)c(C)cc21. The number of hydrogen-bond acceptors (Lipinski definition) is 3. The van der Waals surface area contributed by atoms with Gasteiger partial charge in [-0.2, -0.15) is 0 Å². The number of alkyl halides is 3. The average Bonchev–Trinajstić information content (AvgIpc) is 2.96. The van der Waals surface area contributed by atoms with Gasteiger partial charge in [-0.15, -0.1) is 13.2 Å². The molecule has 156 valence electrons. The molecular weight excluding hydrogens is 381 g/mol. The number of rotatable bonds is 6. The van der Waals surface area contributed by atoms with Gasteiger partial charge >= 0.3 is 6.36 Å². The standard InChI is InChI=1S/C22H25F3N2O2/c1-6-15(7-2)27-12-14(4)20-17(27)11-13(3)19(26-20)16-9-8-10-18(21(16)28-5)29-22(23,24)25/h8-12,15H,6-7H2,1-5H3. The van der Waals surface area contributed by atoms with Crippen LogP contribution in [0.15, 0.2) is 30.5 Å². The van der Waals surface area contributed by atoms with Crippen LogP contribution in [0.2, 0.25) is 0 Å². The molecule has 0 radical (unpaired) electrons. The van der Waals surface area contributed by atoms with Gasteiger partial charge in [0, 0.05) is 17.8 Å². The minimum absolute atomic E-state index is 0.0110. The number of halogens is 3. The van der Waals surface area contributed by atoms with Crippen molar-refractivity contribution in [3.8, 4) is 22.8 Å². The van der Waals surface area contributed by atoms with Crippen molar-refractivity contribution in [1.82, 2.24) is 9.55 Å². The van der Waals surface area contributed by atoms with E-state index < -0.39 is 6.36 Å². The van der Waals surface area contributed by atoms with Gasteiger partial charge in [0.25, 0.3) is 0 Å². The molecule has 0 spiro atoms. The summed E-state index contributed by atoms with van der Waals surface area (Å²) in [6, 6.07) is 6.84. The lowest BCUT2D eigenvalue weighted by Gasteiger charge is -2.18. The molecule has 0 aliphatic carbocycles. The highest BCUT2D eigenvalue weighted by atomic mass is 19.4. The van der Waals surface area contributed by atoms with Crippen molar-refractivity contribution in [3.63, 3.8) is 0 Å². The van der Waals surface area contributed by atoms with Crippen LogP contribution in [-0.4, -0.2) is 23.0 Å². The molecular formula is C22H25F3N2O2. The summed E-state index contributed by atoms with van der Waals surface area (Å²) in [4.78, 5) is 4.82. The maximum atomic E-state index is 12.8. The molecule has 0 bridgehead atoms. The van der Waals surface area contributed by atoms with Crippen LogP contribution in [0.5, 0.6) is 11.5 Å². The predicted molar refractivity (Wildman–Crippen MR) is 107 cm³/mol. The Bertz CT molecular complexity index is 1020. The number of methoxy groups -OCH3 is 1. The van der Waals surface area contributed by atoms with Crippen molar-refractivity contribution >= 4 is 11.0 Å². The molecule has 0 unspecified atom stereocenters. The van der Waals surface area contributed by atoms with Gasteiger partial charge in [0.05, 0.1) is 23.8 Å². The van der Waals surface area contributed by atoms with Gasteiger partial charge in [0.1, 0.15) is 0 Å². The van der Waals surface area contributed by atoms with Gasteiger partial charge < -0.3 is 14.0 Å². The van der Waals surface area contributed by atoms with Gasteiger partial charge in [0.15, 0.2) is 11.5 Å². The Hall–Kier alpha value is -2.70. The lowest BCUT2D eigenvalue weighted by Crippen LogP contribution is -2.17. The molecule has 2 heterocycles. The van der Waals surface area contributed by atoms with Crippen LogP contribution in [0.4, 0.5) is 13.2 Å². The summed E-state index contributed by atoms with van der Waals surface area (Å²) in [5, 5.41) is 0. The van der Waals surface area contributed by atoms with Crippen molar-refractivity contribution in [2.24, 2.45) is 0 Å². The maximum absolute atomic E-state index is 12.8. The van der Waals surface area contributed by atoms with Crippen molar-refractivity contribution in [1.29, 1.82) is 0 Å². The van der Waals surface area contributed by atoms with Gasteiger partial charge in [-0.3, -0.25) is 0 Å². The first-order chi connectivity index (χ1) is 13.7. The van der Waals surface area contributed by atoms with E-state index in [1.165, 1.54) is 19.2 Å². The van der Waals surface area contributed by atoms with E-state index in [0.717, 1.165) is 35.0 Å². The Morgan fingerprint density at radius 2 is 1.79 bits per heavy atom. The zero-order valence-electron chi connectivity index (χ0n) is 17.2. The maximum Gasteiger partial charge on any atom is 0.573 e. The van der Waals surface area contributed by atoms with Crippen LogP contribution in [0.25, 0.3) is 22.3 Å². The van der Waals surface area contributed by atoms with Crippen LogP contribution >= 0.6 is 0 Å². The smallest absolute Gasteiger partial charge is 0.492 e. The highest BCUT2D eigenvalue weighted by molar-refractivity contribution is 5.86. The fourth-order valence-corrected chi connectivity index (χ4v) is 3.80. The minimum Gasteiger partial charge on any atom is -0.492 e. The number of aromatic nitrogens is 2. The van der Waals surface area contributed by atoms with Crippen LogP contribution < -0.4 is 9.47 Å². The first kappa shape index (κ1) is 21.0. The van der Waals surface area contributed by atoms with Crippen LogP contribution in [0.1, 0.15) is 43.9 Å².